The summed E-state index contributed by atoms with van der Waals surface area (Å²) >= 11 is 6.63. The number of benzene rings is 3. The Bertz CT molecular complexity index is 3070. The van der Waals surface area contributed by atoms with Crippen LogP contribution >= 0.6 is 11.6 Å². The van der Waals surface area contributed by atoms with Crippen molar-refractivity contribution in [3.05, 3.63) is 104 Å². The lowest BCUT2D eigenvalue weighted by molar-refractivity contribution is -0.142. The van der Waals surface area contributed by atoms with Gasteiger partial charge >= 0.3 is 6.18 Å². The van der Waals surface area contributed by atoms with Crippen LogP contribution in [-0.2, 0) is 51.7 Å². The standard InChI is InChI=1S/C41H37ClF7N9O5S/c1-18-15-56(16-19(2)63-18)23-5-6-24-28(13-23)51-38(58(39(24)60)30-8-7-27(42)33-34(30)55(3)53-37(33)54-64(4,61)62)29(11-20-9-21(43)12-22(44)10-20)50-31(59)17-57-36-32(35(52-57)41(47,48)49)25-14-26(25)40(36,45)46/h5-10,12-13,18-19,25-26,29H,11,14-17H2,1-4H3,(H,50,59)(H,53,54)/t18-,19+,25-,26+,29-/m0/s1. The first-order valence-electron chi connectivity index (χ1n) is 19.9. The van der Waals surface area contributed by atoms with Crippen LogP contribution in [0.4, 0.5) is 42.2 Å². The molecule has 0 unspecified atom stereocenters. The van der Waals surface area contributed by atoms with E-state index in [0.29, 0.717) is 29.5 Å². The minimum Gasteiger partial charge on any atom is -0.372 e. The normalized spacial score (nSPS) is 21.0. The predicted molar refractivity (Wildman–Crippen MR) is 220 cm³/mol. The molecular weight excluding hydrogens is 899 g/mol. The van der Waals surface area contributed by atoms with Crippen LogP contribution in [0.25, 0.3) is 27.5 Å². The summed E-state index contributed by atoms with van der Waals surface area (Å²) in [5.74, 6) is -9.85. The van der Waals surface area contributed by atoms with Crippen molar-refractivity contribution in [2.24, 2.45) is 13.0 Å². The van der Waals surface area contributed by atoms with E-state index in [4.69, 9.17) is 21.3 Å². The molecule has 0 bridgehead atoms. The highest BCUT2D eigenvalue weighted by molar-refractivity contribution is 7.92. The Balaban J connectivity index is 1.25. The van der Waals surface area contributed by atoms with Gasteiger partial charge in [-0.1, -0.05) is 11.6 Å². The van der Waals surface area contributed by atoms with E-state index in [1.807, 2.05) is 18.7 Å². The van der Waals surface area contributed by atoms with Crippen molar-refractivity contribution < 1.29 is 48.7 Å². The summed E-state index contributed by atoms with van der Waals surface area (Å²) < 4.78 is 139. The lowest BCUT2D eigenvalue weighted by Crippen LogP contribution is -2.45. The molecule has 3 aromatic carbocycles. The molecule has 3 aliphatic rings. The van der Waals surface area contributed by atoms with Crippen LogP contribution in [0.3, 0.4) is 0 Å². The van der Waals surface area contributed by atoms with Crippen molar-refractivity contribution in [2.75, 3.05) is 29.0 Å². The maximum absolute atomic E-state index is 15.6. The average Bonchev–Trinajstić information content (AvgIpc) is 3.71. The second-order valence-corrected chi connectivity index (χ2v) is 18.7. The highest BCUT2D eigenvalue weighted by Gasteiger charge is 2.68. The van der Waals surface area contributed by atoms with E-state index in [-0.39, 0.29) is 68.4 Å². The Hall–Kier alpha value is -5.74. The third kappa shape index (κ3) is 7.71. The minimum atomic E-state index is -5.11. The number of aryl methyl sites for hydroxylation is 1. The number of sulfonamides is 1. The Morgan fingerprint density at radius 2 is 1.72 bits per heavy atom. The molecule has 1 aliphatic heterocycles. The van der Waals surface area contributed by atoms with Gasteiger partial charge in [-0.25, -0.2) is 22.2 Å². The molecule has 2 fully saturated rings. The number of carbonyl (C=O) groups is 1. The van der Waals surface area contributed by atoms with Crippen molar-refractivity contribution in [1.82, 2.24) is 34.4 Å². The van der Waals surface area contributed by atoms with E-state index in [9.17, 15) is 35.2 Å². The van der Waals surface area contributed by atoms with Crippen LogP contribution in [-0.4, -0.2) is 75.0 Å². The zero-order chi connectivity index (χ0) is 45.9. The summed E-state index contributed by atoms with van der Waals surface area (Å²) in [6, 6.07) is 8.57. The smallest absolute Gasteiger partial charge is 0.372 e. The third-order valence-electron chi connectivity index (χ3n) is 11.6. The summed E-state index contributed by atoms with van der Waals surface area (Å²) in [7, 11) is -2.49. The number of hydrogen-bond donors (Lipinski definition) is 2. The second kappa shape index (κ2) is 15.2. The van der Waals surface area contributed by atoms with E-state index in [1.165, 1.54) is 29.9 Å². The number of ether oxygens (including phenoxy) is 1. The van der Waals surface area contributed by atoms with Crippen LogP contribution in [0.15, 0.2) is 53.3 Å². The number of nitrogens with zero attached hydrogens (tertiary/aromatic N) is 7. The maximum Gasteiger partial charge on any atom is 0.435 e. The zero-order valence-electron chi connectivity index (χ0n) is 34.1. The van der Waals surface area contributed by atoms with Gasteiger partial charge in [-0.15, -0.1) is 0 Å². The highest BCUT2D eigenvalue weighted by Crippen LogP contribution is 2.68. The number of fused-ring (bicyclic) bond motifs is 5. The third-order valence-corrected chi connectivity index (χ3v) is 12.5. The Labute approximate surface area is 364 Å². The molecule has 9 rings (SSSR count). The molecule has 0 radical (unpaired) electrons. The Morgan fingerprint density at radius 1 is 1.03 bits per heavy atom. The largest absolute Gasteiger partial charge is 0.435 e. The number of morpholine rings is 1. The van der Waals surface area contributed by atoms with Gasteiger partial charge in [0.15, 0.2) is 11.5 Å². The van der Waals surface area contributed by atoms with Gasteiger partial charge in [-0.05, 0) is 74.2 Å². The van der Waals surface area contributed by atoms with Crippen LogP contribution in [0.5, 0.6) is 0 Å². The lowest BCUT2D eigenvalue weighted by atomic mass is 10.0. The van der Waals surface area contributed by atoms with Gasteiger partial charge < -0.3 is 15.0 Å². The molecule has 14 nitrogen and oxygen atoms in total. The molecule has 2 N–H and O–H groups in total. The number of carbonyl (C=O) groups excluding carboxylic acids is 1. The fraction of sp³-hybridized carbons (Fsp3) is 0.390. The molecule has 23 heteroatoms. The van der Waals surface area contributed by atoms with Crippen LogP contribution < -0.4 is 20.5 Å². The molecule has 0 spiro atoms. The first-order chi connectivity index (χ1) is 30.0. The molecule has 1 saturated carbocycles. The van der Waals surface area contributed by atoms with Gasteiger partial charge in [0.2, 0.25) is 15.9 Å². The van der Waals surface area contributed by atoms with Gasteiger partial charge in [-0.2, -0.15) is 32.1 Å². The summed E-state index contributed by atoms with van der Waals surface area (Å²) in [5, 5.41) is 10.5. The highest BCUT2D eigenvalue weighted by atomic mass is 35.5. The van der Waals surface area contributed by atoms with Crippen molar-refractivity contribution in [3.8, 4) is 5.69 Å². The van der Waals surface area contributed by atoms with Gasteiger partial charge in [-0.3, -0.25) is 28.2 Å². The van der Waals surface area contributed by atoms with Crippen molar-refractivity contribution in [1.29, 1.82) is 0 Å². The number of amides is 1. The van der Waals surface area contributed by atoms with E-state index in [2.05, 4.69) is 20.2 Å². The van der Waals surface area contributed by atoms with Crippen molar-refractivity contribution in [3.63, 3.8) is 0 Å². The van der Waals surface area contributed by atoms with E-state index in [1.54, 1.807) is 12.1 Å². The second-order valence-electron chi connectivity index (χ2n) is 16.6. The zero-order valence-corrected chi connectivity index (χ0v) is 35.7. The molecule has 3 aromatic heterocycles. The fourth-order valence-corrected chi connectivity index (χ4v) is 9.91. The molecule has 1 amide bonds. The summed E-state index contributed by atoms with van der Waals surface area (Å²) in [5.41, 5.74) is -3.22. The van der Waals surface area contributed by atoms with Gasteiger partial charge in [0.1, 0.15) is 29.7 Å². The summed E-state index contributed by atoms with van der Waals surface area (Å²) in [6.45, 7) is 3.60. The first-order valence-corrected chi connectivity index (χ1v) is 22.2. The summed E-state index contributed by atoms with van der Waals surface area (Å²) in [6.07, 6.45) is -5.23. The minimum absolute atomic E-state index is 0.00601. The average molecular weight is 936 g/mol. The molecule has 338 valence electrons. The molecule has 5 atom stereocenters. The molecule has 1 saturated heterocycles. The van der Waals surface area contributed by atoms with E-state index < -0.39 is 93.0 Å². The molecule has 4 heterocycles. The fourth-order valence-electron chi connectivity index (χ4n) is 9.17. The van der Waals surface area contributed by atoms with Gasteiger partial charge in [0.05, 0.1) is 57.0 Å². The van der Waals surface area contributed by atoms with Crippen molar-refractivity contribution >= 4 is 60.8 Å². The molecule has 64 heavy (non-hydrogen) atoms. The SMILES string of the molecule is C[C@@H]1CN(c2ccc3c(=O)n(-c4ccc(Cl)c5c(NS(C)(=O)=O)nn(C)c45)c([C@H](Cc4cc(F)cc(F)c4)NC(=O)Cn4nc(C(F)(F)F)c5c4C(F)(F)[C@@H]4C[C@H]54)nc3c2)C[C@H](C)O1. The quantitative estimate of drug-likeness (QED) is 0.143. The number of nitrogens with one attached hydrogen (secondary N) is 2. The van der Waals surface area contributed by atoms with Gasteiger partial charge in [0.25, 0.3) is 11.5 Å². The van der Waals surface area contributed by atoms with Crippen LogP contribution in [0, 0.1) is 17.6 Å². The monoisotopic (exact) mass is 935 g/mol. The lowest BCUT2D eigenvalue weighted by Gasteiger charge is -2.37. The molecule has 6 aromatic rings. The maximum atomic E-state index is 15.6. The van der Waals surface area contributed by atoms with Crippen molar-refractivity contribution in [2.45, 2.75) is 69.5 Å². The number of halogens is 8. The number of anilines is 2. The predicted octanol–water partition coefficient (Wildman–Crippen LogP) is 6.71. The summed E-state index contributed by atoms with van der Waals surface area (Å²) in [4.78, 5) is 36.2. The molecule has 2 aliphatic carbocycles. The number of alkyl halides is 5. The first kappa shape index (κ1) is 43.5. The van der Waals surface area contributed by atoms with Crippen LogP contribution in [0.2, 0.25) is 5.02 Å². The van der Waals surface area contributed by atoms with E-state index >= 15 is 13.6 Å². The van der Waals surface area contributed by atoms with Gasteiger partial charge in [0, 0.05) is 49.8 Å². The van der Waals surface area contributed by atoms with E-state index in [0.717, 1.165) is 23.0 Å². The molecular formula is C41H37ClF7N9O5S. The van der Waals surface area contributed by atoms with Crippen LogP contribution in [0.1, 0.15) is 60.6 Å². The Kier molecular flexibility index (Phi) is 10.3. The number of aromatic nitrogens is 6. The number of rotatable bonds is 10. The number of hydrogen-bond acceptors (Lipinski definition) is 9. The Morgan fingerprint density at radius 3 is 2.38 bits per heavy atom. The topological polar surface area (TPSA) is 158 Å².